The van der Waals surface area contributed by atoms with Crippen LogP contribution in [0.1, 0.15) is 20.8 Å². The molecule has 0 bridgehead atoms. The van der Waals surface area contributed by atoms with E-state index in [-0.39, 0.29) is 5.41 Å². The second-order valence-corrected chi connectivity index (χ2v) is 5.89. The number of nitrogens with zero attached hydrogens (tertiary/aromatic N) is 1. The second-order valence-electron chi connectivity index (χ2n) is 5.89. The zero-order valence-electron chi connectivity index (χ0n) is 12.4. The standard InChI is InChI=1S/C15H22N4O/c1-14(2,3)15(16)9-13(17-10-18-15)19-11-5-7-12(20-4)8-6-11/h5-10,19H,16H2,1-4H3,(H,17,18). The number of methoxy groups -OCH3 is 1. The lowest BCUT2D eigenvalue weighted by molar-refractivity contribution is 0.248. The number of anilines is 1. The SMILES string of the molecule is COc1ccc(NC2=CC(N)(C(C)(C)C)N=CN2)cc1. The molecule has 0 saturated heterocycles. The largest absolute Gasteiger partial charge is 0.497 e. The van der Waals surface area contributed by atoms with E-state index >= 15 is 0 Å². The highest BCUT2D eigenvalue weighted by Gasteiger charge is 2.37. The van der Waals surface area contributed by atoms with Crippen molar-refractivity contribution in [2.45, 2.75) is 26.4 Å². The highest BCUT2D eigenvalue weighted by Crippen LogP contribution is 2.32. The quantitative estimate of drug-likeness (QED) is 0.790. The molecule has 0 amide bonds. The summed E-state index contributed by atoms with van der Waals surface area (Å²) in [7, 11) is 1.65. The maximum atomic E-state index is 6.35. The van der Waals surface area contributed by atoms with Gasteiger partial charge in [0.05, 0.1) is 13.4 Å². The van der Waals surface area contributed by atoms with Crippen LogP contribution in [0, 0.1) is 5.41 Å². The van der Waals surface area contributed by atoms with E-state index in [0.29, 0.717) is 0 Å². The predicted octanol–water partition coefficient (Wildman–Crippen LogP) is 2.28. The molecule has 1 unspecified atom stereocenters. The number of hydrogen-bond donors (Lipinski definition) is 3. The van der Waals surface area contributed by atoms with Crippen LogP contribution in [0.3, 0.4) is 0 Å². The number of hydrogen-bond acceptors (Lipinski definition) is 5. The summed E-state index contributed by atoms with van der Waals surface area (Å²) in [6, 6.07) is 7.70. The molecule has 1 aromatic carbocycles. The lowest BCUT2D eigenvalue weighted by Crippen LogP contribution is -2.51. The van der Waals surface area contributed by atoms with E-state index in [0.717, 1.165) is 17.3 Å². The van der Waals surface area contributed by atoms with E-state index in [4.69, 9.17) is 10.5 Å². The van der Waals surface area contributed by atoms with Gasteiger partial charge in [-0.15, -0.1) is 0 Å². The summed E-state index contributed by atoms with van der Waals surface area (Å²) in [5, 5.41) is 6.35. The van der Waals surface area contributed by atoms with Crippen molar-refractivity contribution in [1.82, 2.24) is 5.32 Å². The summed E-state index contributed by atoms with van der Waals surface area (Å²) < 4.78 is 5.14. The minimum absolute atomic E-state index is 0.168. The van der Waals surface area contributed by atoms with Gasteiger partial charge in [0.1, 0.15) is 17.2 Å². The lowest BCUT2D eigenvalue weighted by Gasteiger charge is -2.38. The molecule has 0 saturated carbocycles. The molecule has 1 heterocycles. The lowest BCUT2D eigenvalue weighted by atomic mass is 9.81. The van der Waals surface area contributed by atoms with Crippen LogP contribution < -0.4 is 21.1 Å². The van der Waals surface area contributed by atoms with Crippen molar-refractivity contribution in [2.75, 3.05) is 12.4 Å². The van der Waals surface area contributed by atoms with Crippen LogP contribution in [0.25, 0.3) is 0 Å². The Morgan fingerprint density at radius 1 is 1.25 bits per heavy atom. The van der Waals surface area contributed by atoms with Gasteiger partial charge in [0.15, 0.2) is 0 Å². The van der Waals surface area contributed by atoms with E-state index in [1.165, 1.54) is 0 Å². The van der Waals surface area contributed by atoms with Crippen LogP contribution in [0.4, 0.5) is 5.69 Å². The fourth-order valence-corrected chi connectivity index (χ4v) is 1.82. The van der Waals surface area contributed by atoms with Crippen molar-refractivity contribution >= 4 is 12.0 Å². The third kappa shape index (κ3) is 2.93. The molecule has 1 aliphatic rings. The maximum Gasteiger partial charge on any atom is 0.137 e. The molecule has 0 fully saturated rings. The molecule has 4 N–H and O–H groups in total. The molecule has 2 rings (SSSR count). The van der Waals surface area contributed by atoms with Crippen molar-refractivity contribution < 1.29 is 4.74 Å². The molecule has 1 atom stereocenters. The van der Waals surface area contributed by atoms with Crippen molar-refractivity contribution in [1.29, 1.82) is 0 Å². The molecule has 0 aliphatic carbocycles. The van der Waals surface area contributed by atoms with Gasteiger partial charge in [-0.2, -0.15) is 0 Å². The van der Waals surface area contributed by atoms with Crippen LogP contribution in [0.15, 0.2) is 41.2 Å². The third-order valence-corrected chi connectivity index (χ3v) is 3.43. The molecule has 0 radical (unpaired) electrons. The number of aliphatic imine (C=N–C) groups is 1. The highest BCUT2D eigenvalue weighted by molar-refractivity contribution is 5.64. The van der Waals surface area contributed by atoms with Gasteiger partial charge in [0.2, 0.25) is 0 Å². The molecular formula is C15H22N4O. The summed E-state index contributed by atoms with van der Waals surface area (Å²) in [6.07, 6.45) is 3.55. The van der Waals surface area contributed by atoms with Crippen molar-refractivity contribution in [3.63, 3.8) is 0 Å². The smallest absolute Gasteiger partial charge is 0.137 e. The Balaban J connectivity index is 2.17. The molecule has 0 aromatic heterocycles. The number of nitrogens with one attached hydrogen (secondary N) is 2. The van der Waals surface area contributed by atoms with Crippen molar-refractivity contribution in [2.24, 2.45) is 16.1 Å². The van der Waals surface area contributed by atoms with E-state index in [1.807, 2.05) is 30.3 Å². The van der Waals surface area contributed by atoms with E-state index in [1.54, 1.807) is 13.4 Å². The van der Waals surface area contributed by atoms with Crippen molar-refractivity contribution in [3.8, 4) is 5.75 Å². The molecule has 20 heavy (non-hydrogen) atoms. The van der Waals surface area contributed by atoms with Crippen LogP contribution >= 0.6 is 0 Å². The molecule has 5 nitrogen and oxygen atoms in total. The average molecular weight is 274 g/mol. The molecule has 0 spiro atoms. The first-order valence-electron chi connectivity index (χ1n) is 6.57. The van der Waals surface area contributed by atoms with Gasteiger partial charge < -0.3 is 21.1 Å². The van der Waals surface area contributed by atoms with Gasteiger partial charge in [0, 0.05) is 11.1 Å². The maximum absolute atomic E-state index is 6.35. The zero-order chi connectivity index (χ0) is 14.8. The summed E-state index contributed by atoms with van der Waals surface area (Å²) in [5.41, 5.74) is 6.41. The van der Waals surface area contributed by atoms with Gasteiger partial charge >= 0.3 is 0 Å². The Bertz CT molecular complexity index is 528. The number of benzene rings is 1. The zero-order valence-corrected chi connectivity index (χ0v) is 12.4. The van der Waals surface area contributed by atoms with Crippen LogP contribution in [0.5, 0.6) is 5.75 Å². The molecule has 108 valence electrons. The Labute approximate surface area is 119 Å². The Morgan fingerprint density at radius 2 is 1.90 bits per heavy atom. The predicted molar refractivity (Wildman–Crippen MR) is 82.7 cm³/mol. The average Bonchev–Trinajstić information content (AvgIpc) is 2.38. The van der Waals surface area contributed by atoms with Crippen LogP contribution in [-0.4, -0.2) is 19.1 Å². The topological polar surface area (TPSA) is 71.7 Å². The summed E-state index contributed by atoms with van der Waals surface area (Å²) in [4.78, 5) is 4.36. The fourth-order valence-electron chi connectivity index (χ4n) is 1.82. The number of rotatable bonds is 3. The molecule has 5 heteroatoms. The van der Waals surface area contributed by atoms with Gasteiger partial charge in [-0.25, -0.2) is 4.99 Å². The first kappa shape index (κ1) is 14.4. The monoisotopic (exact) mass is 274 g/mol. The van der Waals surface area contributed by atoms with E-state index in [9.17, 15) is 0 Å². The van der Waals surface area contributed by atoms with Crippen LogP contribution in [0.2, 0.25) is 0 Å². The first-order chi connectivity index (χ1) is 9.34. The minimum Gasteiger partial charge on any atom is -0.497 e. The van der Waals surface area contributed by atoms with E-state index in [2.05, 4.69) is 36.4 Å². The molecule has 1 aliphatic heterocycles. The van der Waals surface area contributed by atoms with Gasteiger partial charge in [-0.3, -0.25) is 0 Å². The highest BCUT2D eigenvalue weighted by atomic mass is 16.5. The van der Waals surface area contributed by atoms with Gasteiger partial charge in [0.25, 0.3) is 0 Å². The summed E-state index contributed by atoms with van der Waals surface area (Å²) in [6.45, 7) is 6.20. The Hall–Kier alpha value is -2.01. The first-order valence-corrected chi connectivity index (χ1v) is 6.57. The summed E-state index contributed by atoms with van der Waals surface area (Å²) in [5.74, 6) is 1.65. The fraction of sp³-hybridized carbons (Fsp3) is 0.400. The minimum atomic E-state index is -0.729. The van der Waals surface area contributed by atoms with Gasteiger partial charge in [-0.05, 0) is 30.3 Å². The number of ether oxygens (including phenoxy) is 1. The Morgan fingerprint density at radius 3 is 2.45 bits per heavy atom. The summed E-state index contributed by atoms with van der Waals surface area (Å²) >= 11 is 0. The normalized spacial score (nSPS) is 21.9. The van der Waals surface area contributed by atoms with E-state index < -0.39 is 5.66 Å². The second kappa shape index (κ2) is 5.17. The Kier molecular flexibility index (Phi) is 3.72. The van der Waals surface area contributed by atoms with Crippen molar-refractivity contribution in [3.05, 3.63) is 36.2 Å². The van der Waals surface area contributed by atoms with Gasteiger partial charge in [-0.1, -0.05) is 20.8 Å². The van der Waals surface area contributed by atoms with Crippen LogP contribution in [-0.2, 0) is 0 Å². The third-order valence-electron chi connectivity index (χ3n) is 3.43. The molecule has 1 aromatic rings. The molecular weight excluding hydrogens is 252 g/mol. The number of nitrogens with two attached hydrogens (primary N) is 1.